The van der Waals surface area contributed by atoms with Crippen LogP contribution in [0.1, 0.15) is 0 Å². The topological polar surface area (TPSA) is 90.2 Å². The maximum absolute atomic E-state index is 12.9. The van der Waals surface area contributed by atoms with Gasteiger partial charge in [-0.25, -0.2) is 4.39 Å². The molecular formula is C6H11FO5. The number of hydrogen-bond acceptors (Lipinski definition) is 5. The lowest BCUT2D eigenvalue weighted by Gasteiger charge is -2.36. The van der Waals surface area contributed by atoms with Crippen LogP contribution in [0.25, 0.3) is 0 Å². The molecule has 1 rings (SSSR count). The summed E-state index contributed by atoms with van der Waals surface area (Å²) in [7, 11) is 0. The van der Waals surface area contributed by atoms with Crippen LogP contribution < -0.4 is 0 Å². The summed E-state index contributed by atoms with van der Waals surface area (Å²) in [6, 6.07) is 0. The van der Waals surface area contributed by atoms with Gasteiger partial charge in [0.1, 0.15) is 18.3 Å². The lowest BCUT2D eigenvalue weighted by atomic mass is 10.0. The summed E-state index contributed by atoms with van der Waals surface area (Å²) in [6.45, 7) is -0.651. The van der Waals surface area contributed by atoms with E-state index in [2.05, 4.69) is 4.74 Å². The predicted molar refractivity (Wildman–Crippen MR) is 34.9 cm³/mol. The second-order valence-corrected chi connectivity index (χ2v) is 2.67. The van der Waals surface area contributed by atoms with Crippen LogP contribution in [0.4, 0.5) is 4.39 Å². The van der Waals surface area contributed by atoms with E-state index in [9.17, 15) is 4.39 Å². The van der Waals surface area contributed by atoms with E-state index in [-0.39, 0.29) is 0 Å². The van der Waals surface area contributed by atoms with Gasteiger partial charge < -0.3 is 25.2 Å². The Labute approximate surface area is 68.0 Å². The number of halogens is 1. The van der Waals surface area contributed by atoms with Crippen LogP contribution in [0, 0.1) is 0 Å². The lowest BCUT2D eigenvalue weighted by Crippen LogP contribution is -2.56. The maximum atomic E-state index is 12.9. The molecule has 0 saturated carbocycles. The summed E-state index contributed by atoms with van der Waals surface area (Å²) in [6.07, 6.45) is -8.19. The third-order valence-electron chi connectivity index (χ3n) is 1.82. The highest BCUT2D eigenvalue weighted by Gasteiger charge is 2.43. The molecule has 0 spiro atoms. The molecule has 5 atom stereocenters. The van der Waals surface area contributed by atoms with Crippen LogP contribution in [-0.4, -0.2) is 57.8 Å². The number of aliphatic hydroxyl groups excluding tert-OH is 4. The molecule has 0 aliphatic carbocycles. The largest absolute Gasteiger partial charge is 0.394 e. The lowest BCUT2D eigenvalue weighted by molar-refractivity contribution is -0.274. The molecule has 1 fully saturated rings. The molecule has 12 heavy (non-hydrogen) atoms. The van der Waals surface area contributed by atoms with E-state index >= 15 is 0 Å². The van der Waals surface area contributed by atoms with Gasteiger partial charge in [0.05, 0.1) is 6.61 Å². The first-order valence-electron chi connectivity index (χ1n) is 3.52. The van der Waals surface area contributed by atoms with Gasteiger partial charge in [0.25, 0.3) is 0 Å². The van der Waals surface area contributed by atoms with E-state index < -0.39 is 37.4 Å². The minimum Gasteiger partial charge on any atom is -0.394 e. The van der Waals surface area contributed by atoms with Crippen molar-refractivity contribution in [2.45, 2.75) is 30.8 Å². The number of ether oxygens (including phenoxy) is 1. The van der Waals surface area contributed by atoms with Crippen molar-refractivity contribution >= 4 is 0 Å². The Morgan fingerprint density at radius 2 is 1.75 bits per heavy atom. The maximum Gasteiger partial charge on any atom is 0.184 e. The smallest absolute Gasteiger partial charge is 0.184 e. The number of alkyl halides is 1. The highest BCUT2D eigenvalue weighted by molar-refractivity contribution is 4.88. The van der Waals surface area contributed by atoms with Gasteiger partial charge in [0.2, 0.25) is 0 Å². The fraction of sp³-hybridized carbons (Fsp3) is 1.00. The average Bonchev–Trinajstić information content (AvgIpc) is 2.08. The van der Waals surface area contributed by atoms with Crippen molar-refractivity contribution in [2.75, 3.05) is 6.61 Å². The van der Waals surface area contributed by atoms with E-state index in [1.807, 2.05) is 0 Å². The van der Waals surface area contributed by atoms with Crippen LogP contribution in [-0.2, 0) is 4.74 Å². The zero-order valence-electron chi connectivity index (χ0n) is 6.17. The molecule has 4 N–H and O–H groups in total. The molecule has 0 bridgehead atoms. The first-order chi connectivity index (χ1) is 5.57. The zero-order chi connectivity index (χ0) is 9.30. The molecule has 0 radical (unpaired) electrons. The van der Waals surface area contributed by atoms with Gasteiger partial charge in [-0.1, -0.05) is 0 Å². The number of hydrogen-bond donors (Lipinski definition) is 4. The molecule has 0 aromatic rings. The molecule has 5 nitrogen and oxygen atoms in total. The molecule has 0 aromatic heterocycles. The fourth-order valence-corrected chi connectivity index (χ4v) is 1.06. The zero-order valence-corrected chi connectivity index (χ0v) is 6.17. The summed E-state index contributed by atoms with van der Waals surface area (Å²) in [5, 5.41) is 35.2. The van der Waals surface area contributed by atoms with Gasteiger partial charge in [0, 0.05) is 0 Å². The minimum absolute atomic E-state index is 0.651. The van der Waals surface area contributed by atoms with E-state index in [0.717, 1.165) is 0 Å². The highest BCUT2D eigenvalue weighted by Crippen LogP contribution is 2.21. The Bertz CT molecular complexity index is 150. The fourth-order valence-electron chi connectivity index (χ4n) is 1.06. The van der Waals surface area contributed by atoms with E-state index in [0.29, 0.717) is 0 Å². The molecular weight excluding hydrogens is 171 g/mol. The molecule has 1 heterocycles. The first-order valence-corrected chi connectivity index (χ1v) is 3.52. The second-order valence-electron chi connectivity index (χ2n) is 2.67. The predicted octanol–water partition coefficient (Wildman–Crippen LogP) is -2.24. The normalized spacial score (nSPS) is 49.2. The van der Waals surface area contributed by atoms with E-state index in [4.69, 9.17) is 20.4 Å². The average molecular weight is 182 g/mol. The van der Waals surface area contributed by atoms with E-state index in [1.165, 1.54) is 0 Å². The summed E-state index contributed by atoms with van der Waals surface area (Å²) in [5.41, 5.74) is 0. The molecule has 0 aromatic carbocycles. The summed E-state index contributed by atoms with van der Waals surface area (Å²) in [5.74, 6) is 0. The number of aliphatic hydroxyl groups is 4. The van der Waals surface area contributed by atoms with Gasteiger partial charge in [-0.05, 0) is 0 Å². The van der Waals surface area contributed by atoms with Crippen LogP contribution in [0.15, 0.2) is 0 Å². The van der Waals surface area contributed by atoms with Crippen molar-refractivity contribution in [3.05, 3.63) is 0 Å². The molecule has 1 aliphatic heterocycles. The monoisotopic (exact) mass is 182 g/mol. The molecule has 72 valence electrons. The van der Waals surface area contributed by atoms with Gasteiger partial charge in [-0.15, -0.1) is 0 Å². The molecule has 1 aliphatic rings. The van der Waals surface area contributed by atoms with Crippen molar-refractivity contribution in [1.82, 2.24) is 0 Å². The first kappa shape index (κ1) is 9.82. The molecule has 6 heteroatoms. The summed E-state index contributed by atoms with van der Waals surface area (Å²) >= 11 is 0. The van der Waals surface area contributed by atoms with Gasteiger partial charge in [-0.2, -0.15) is 0 Å². The number of rotatable bonds is 1. The van der Waals surface area contributed by atoms with Crippen molar-refractivity contribution in [2.24, 2.45) is 0 Å². The van der Waals surface area contributed by atoms with Crippen LogP contribution in [0.2, 0.25) is 0 Å². The molecule has 1 saturated heterocycles. The van der Waals surface area contributed by atoms with Crippen molar-refractivity contribution in [1.29, 1.82) is 0 Å². The van der Waals surface area contributed by atoms with Gasteiger partial charge in [-0.3, -0.25) is 0 Å². The van der Waals surface area contributed by atoms with Crippen molar-refractivity contribution < 1.29 is 29.6 Å². The Morgan fingerprint density at radius 1 is 1.17 bits per heavy atom. The van der Waals surface area contributed by atoms with Crippen molar-refractivity contribution in [3.63, 3.8) is 0 Å². The Hall–Kier alpha value is -0.270. The standard InChI is InChI=1S/C6H11FO5/c7-3-2(1-8)12-6(11)5(10)4(3)9/h2-6,8-11H,1H2/t2-,3+,4-,5-,6+/m0/s1. The second kappa shape index (κ2) is 3.63. The molecule has 0 amide bonds. The quantitative estimate of drug-likeness (QED) is 0.368. The minimum atomic E-state index is -1.88. The summed E-state index contributed by atoms with van der Waals surface area (Å²) in [4.78, 5) is 0. The Morgan fingerprint density at radius 3 is 2.25 bits per heavy atom. The van der Waals surface area contributed by atoms with Crippen LogP contribution in [0.5, 0.6) is 0 Å². The van der Waals surface area contributed by atoms with Gasteiger partial charge in [0.15, 0.2) is 12.5 Å². The third kappa shape index (κ3) is 1.57. The van der Waals surface area contributed by atoms with Crippen LogP contribution >= 0.6 is 0 Å². The Kier molecular flexibility index (Phi) is 2.97. The molecule has 0 unspecified atom stereocenters. The van der Waals surface area contributed by atoms with Crippen LogP contribution in [0.3, 0.4) is 0 Å². The van der Waals surface area contributed by atoms with Crippen molar-refractivity contribution in [3.8, 4) is 0 Å². The summed E-state index contributed by atoms with van der Waals surface area (Å²) < 4.78 is 17.3. The van der Waals surface area contributed by atoms with E-state index in [1.54, 1.807) is 0 Å². The third-order valence-corrected chi connectivity index (χ3v) is 1.82. The van der Waals surface area contributed by atoms with Gasteiger partial charge >= 0.3 is 0 Å². The highest BCUT2D eigenvalue weighted by atomic mass is 19.1. The Balaban J connectivity index is 2.63. The SMILES string of the molecule is OC[C@@H]1O[C@@H](O)[C@@H](O)[C@@H](O)[C@@H]1F.